The van der Waals surface area contributed by atoms with Crippen molar-refractivity contribution < 1.29 is 8.42 Å². The summed E-state index contributed by atoms with van der Waals surface area (Å²) in [6.07, 6.45) is 5.46. The van der Waals surface area contributed by atoms with Crippen LogP contribution in [0, 0.1) is 0 Å². The summed E-state index contributed by atoms with van der Waals surface area (Å²) in [6.45, 7) is 0. The second-order valence-corrected chi connectivity index (χ2v) is 5.83. The van der Waals surface area contributed by atoms with E-state index < -0.39 is 9.84 Å². The van der Waals surface area contributed by atoms with Crippen LogP contribution in [-0.2, 0) is 15.7 Å². The third kappa shape index (κ3) is 2.65. The van der Waals surface area contributed by atoms with Crippen molar-refractivity contribution in [3.05, 3.63) is 36.3 Å². The molecule has 0 saturated heterocycles. The number of hydrogen-bond donors (Lipinski definition) is 0. The topological polar surface area (TPSA) is 64.8 Å². The first kappa shape index (κ1) is 12.1. The minimum atomic E-state index is -3.24. The lowest BCUT2D eigenvalue weighted by molar-refractivity contribution is 0.602. The molecule has 0 aliphatic heterocycles. The number of pyridine rings is 1. The highest BCUT2D eigenvalue weighted by Gasteiger charge is 2.11. The largest absolute Gasteiger partial charge is 0.237 e. The average molecular weight is 272 g/mol. The van der Waals surface area contributed by atoms with Crippen LogP contribution in [0.15, 0.2) is 35.6 Å². The molecule has 0 bridgehead atoms. The fourth-order valence-electron chi connectivity index (χ4n) is 1.29. The summed E-state index contributed by atoms with van der Waals surface area (Å²) >= 11 is 5.71. The van der Waals surface area contributed by atoms with Gasteiger partial charge in [0.25, 0.3) is 0 Å². The smallest absolute Gasteiger partial charge is 0.178 e. The SMILES string of the molecule is CS(=O)(=O)c1cnn(-c2cc(CCl)ccn2)c1. The Morgan fingerprint density at radius 2 is 2.24 bits per heavy atom. The Labute approximate surface area is 104 Å². The van der Waals surface area contributed by atoms with Crippen molar-refractivity contribution in [3.63, 3.8) is 0 Å². The third-order valence-electron chi connectivity index (χ3n) is 2.19. The molecular formula is C10H10ClN3O2S. The molecule has 0 amide bonds. The van der Waals surface area contributed by atoms with Gasteiger partial charge in [-0.2, -0.15) is 5.10 Å². The number of halogens is 1. The van der Waals surface area contributed by atoms with E-state index in [0.717, 1.165) is 11.8 Å². The number of sulfone groups is 1. The van der Waals surface area contributed by atoms with Crippen molar-refractivity contribution in [1.29, 1.82) is 0 Å². The van der Waals surface area contributed by atoms with E-state index in [4.69, 9.17) is 11.6 Å². The molecule has 0 fully saturated rings. The Morgan fingerprint density at radius 1 is 1.47 bits per heavy atom. The van der Waals surface area contributed by atoms with Gasteiger partial charge in [0, 0.05) is 18.3 Å². The van der Waals surface area contributed by atoms with Gasteiger partial charge in [-0.05, 0) is 17.7 Å². The monoisotopic (exact) mass is 271 g/mol. The standard InChI is InChI=1S/C10H10ClN3O2S/c1-17(15,16)9-6-13-14(7-9)10-4-8(5-11)2-3-12-10/h2-4,6-7H,5H2,1H3. The van der Waals surface area contributed by atoms with Crippen molar-refractivity contribution >= 4 is 21.4 Å². The molecule has 0 N–H and O–H groups in total. The highest BCUT2D eigenvalue weighted by molar-refractivity contribution is 7.90. The molecule has 0 atom stereocenters. The fourth-order valence-corrected chi connectivity index (χ4v) is 1.99. The van der Waals surface area contributed by atoms with Gasteiger partial charge >= 0.3 is 0 Å². The van der Waals surface area contributed by atoms with Crippen molar-refractivity contribution in [2.24, 2.45) is 0 Å². The molecule has 0 spiro atoms. The van der Waals surface area contributed by atoms with Crippen molar-refractivity contribution in [1.82, 2.24) is 14.8 Å². The number of alkyl halides is 1. The molecule has 0 aromatic carbocycles. The normalized spacial score (nSPS) is 11.6. The summed E-state index contributed by atoms with van der Waals surface area (Å²) in [4.78, 5) is 4.26. The minimum Gasteiger partial charge on any atom is -0.237 e. The van der Waals surface area contributed by atoms with Gasteiger partial charge in [0.05, 0.1) is 12.4 Å². The van der Waals surface area contributed by atoms with Gasteiger partial charge in [-0.1, -0.05) is 0 Å². The van der Waals surface area contributed by atoms with Gasteiger partial charge in [0.2, 0.25) is 0 Å². The van der Waals surface area contributed by atoms with Crippen molar-refractivity contribution in [2.45, 2.75) is 10.8 Å². The molecule has 2 heterocycles. The lowest BCUT2D eigenvalue weighted by Gasteiger charge is -2.01. The first-order chi connectivity index (χ1) is 8.00. The minimum absolute atomic E-state index is 0.163. The summed E-state index contributed by atoms with van der Waals surface area (Å²) in [5.74, 6) is 0.911. The van der Waals surface area contributed by atoms with E-state index in [9.17, 15) is 8.42 Å². The maximum atomic E-state index is 11.3. The van der Waals surface area contributed by atoms with Crippen molar-refractivity contribution in [2.75, 3.05) is 6.26 Å². The van der Waals surface area contributed by atoms with Crippen LogP contribution in [0.4, 0.5) is 0 Å². The van der Waals surface area contributed by atoms with Crippen LogP contribution in [0.25, 0.3) is 5.82 Å². The van der Waals surface area contributed by atoms with E-state index in [1.165, 1.54) is 17.1 Å². The summed E-state index contributed by atoms with van der Waals surface area (Å²) in [7, 11) is -3.24. The number of aromatic nitrogens is 3. The van der Waals surface area contributed by atoms with Gasteiger partial charge in [-0.25, -0.2) is 18.1 Å². The number of rotatable bonds is 3. The van der Waals surface area contributed by atoms with Crippen LogP contribution in [0.1, 0.15) is 5.56 Å². The Bertz CT molecular complexity index is 637. The highest BCUT2D eigenvalue weighted by atomic mass is 35.5. The molecule has 0 unspecified atom stereocenters. The summed E-state index contributed by atoms with van der Waals surface area (Å²) in [5, 5.41) is 3.96. The predicted molar refractivity (Wildman–Crippen MR) is 64.0 cm³/mol. The van der Waals surface area contributed by atoms with E-state index in [2.05, 4.69) is 10.1 Å². The molecule has 2 aromatic heterocycles. The average Bonchev–Trinajstić information content (AvgIpc) is 2.78. The van der Waals surface area contributed by atoms with E-state index in [1.807, 2.05) is 0 Å². The zero-order chi connectivity index (χ0) is 12.5. The van der Waals surface area contributed by atoms with Gasteiger partial charge in [0.15, 0.2) is 15.7 Å². The molecule has 0 aliphatic rings. The summed E-state index contributed by atoms with van der Waals surface area (Å²) in [6, 6.07) is 3.55. The van der Waals surface area contributed by atoms with Crippen LogP contribution >= 0.6 is 11.6 Å². The maximum absolute atomic E-state index is 11.3. The number of nitrogens with zero attached hydrogens (tertiary/aromatic N) is 3. The van der Waals surface area contributed by atoms with Gasteiger partial charge < -0.3 is 0 Å². The highest BCUT2D eigenvalue weighted by Crippen LogP contribution is 2.12. The Hall–Kier alpha value is -1.40. The lowest BCUT2D eigenvalue weighted by Crippen LogP contribution is -1.99. The van der Waals surface area contributed by atoms with E-state index in [-0.39, 0.29) is 4.90 Å². The molecule has 5 nitrogen and oxygen atoms in total. The Balaban J connectivity index is 2.43. The van der Waals surface area contributed by atoms with Gasteiger partial charge in [-0.15, -0.1) is 11.6 Å². The Kier molecular flexibility index (Phi) is 3.17. The molecule has 7 heteroatoms. The van der Waals surface area contributed by atoms with E-state index in [1.54, 1.807) is 18.3 Å². The first-order valence-electron chi connectivity index (χ1n) is 4.77. The summed E-state index contributed by atoms with van der Waals surface area (Å²) < 4.78 is 24.0. The third-order valence-corrected chi connectivity index (χ3v) is 3.56. The Morgan fingerprint density at radius 3 is 2.82 bits per heavy atom. The second kappa shape index (κ2) is 4.46. The van der Waals surface area contributed by atoms with E-state index in [0.29, 0.717) is 11.7 Å². The van der Waals surface area contributed by atoms with Crippen LogP contribution in [-0.4, -0.2) is 29.4 Å². The predicted octanol–water partition coefficient (Wildman–Crippen LogP) is 1.41. The zero-order valence-electron chi connectivity index (χ0n) is 9.04. The molecule has 0 saturated carbocycles. The fraction of sp³-hybridized carbons (Fsp3) is 0.200. The van der Waals surface area contributed by atoms with Crippen LogP contribution < -0.4 is 0 Å². The van der Waals surface area contributed by atoms with Crippen LogP contribution in [0.3, 0.4) is 0 Å². The number of hydrogen-bond acceptors (Lipinski definition) is 4. The second-order valence-electron chi connectivity index (χ2n) is 3.55. The van der Waals surface area contributed by atoms with Crippen LogP contribution in [0.2, 0.25) is 0 Å². The molecule has 2 aromatic rings. The molecule has 0 aliphatic carbocycles. The first-order valence-corrected chi connectivity index (χ1v) is 7.19. The summed E-state index contributed by atoms with van der Waals surface area (Å²) in [5.41, 5.74) is 0.896. The van der Waals surface area contributed by atoms with Gasteiger partial charge in [0.1, 0.15) is 4.90 Å². The quantitative estimate of drug-likeness (QED) is 0.792. The van der Waals surface area contributed by atoms with E-state index >= 15 is 0 Å². The lowest BCUT2D eigenvalue weighted by atomic mass is 10.3. The molecule has 17 heavy (non-hydrogen) atoms. The molecule has 0 radical (unpaired) electrons. The molecule has 2 rings (SSSR count). The maximum Gasteiger partial charge on any atom is 0.178 e. The van der Waals surface area contributed by atoms with Crippen molar-refractivity contribution in [3.8, 4) is 5.82 Å². The molecular weight excluding hydrogens is 262 g/mol. The van der Waals surface area contributed by atoms with Gasteiger partial charge in [-0.3, -0.25) is 0 Å². The zero-order valence-corrected chi connectivity index (χ0v) is 10.6. The molecule has 90 valence electrons. The van der Waals surface area contributed by atoms with Crippen LogP contribution in [0.5, 0.6) is 0 Å².